The van der Waals surface area contributed by atoms with Crippen molar-refractivity contribution in [2.24, 2.45) is 5.92 Å². The lowest BCUT2D eigenvalue weighted by Gasteiger charge is -2.31. The average Bonchev–Trinajstić information content (AvgIpc) is 2.20. The van der Waals surface area contributed by atoms with Crippen LogP contribution >= 0.6 is 0 Å². The van der Waals surface area contributed by atoms with Crippen LogP contribution in [-0.4, -0.2) is 25.3 Å². The average molecular weight is 227 g/mol. The molecule has 0 heterocycles. The van der Waals surface area contributed by atoms with Gasteiger partial charge in [-0.2, -0.15) is 0 Å². The third-order valence-electron chi connectivity index (χ3n) is 2.64. The van der Waals surface area contributed by atoms with Gasteiger partial charge in [0.25, 0.3) is 0 Å². The monoisotopic (exact) mass is 227 g/mol. The molecule has 2 atom stereocenters. The predicted octanol–water partition coefficient (Wildman–Crippen LogP) is 3.38. The van der Waals surface area contributed by atoms with Crippen LogP contribution in [0.4, 0.5) is 0 Å². The second-order valence-corrected chi connectivity index (χ2v) is 4.89. The molecule has 2 unspecified atom stereocenters. The molecule has 0 aliphatic heterocycles. The molecule has 1 N–H and O–H groups in total. The largest absolute Gasteiger partial charge is 0.377 e. The van der Waals surface area contributed by atoms with Crippen LogP contribution in [0.25, 0.3) is 0 Å². The van der Waals surface area contributed by atoms with Crippen LogP contribution in [0.5, 0.6) is 0 Å². The number of ether oxygens (including phenoxy) is 1. The highest BCUT2D eigenvalue weighted by molar-refractivity contribution is 4.96. The number of hydrogen-bond acceptors (Lipinski definition) is 2. The molecule has 0 radical (unpaired) electrons. The van der Waals surface area contributed by atoms with Crippen molar-refractivity contribution in [2.75, 3.05) is 13.2 Å². The van der Waals surface area contributed by atoms with E-state index in [9.17, 15) is 0 Å². The van der Waals surface area contributed by atoms with E-state index in [1.165, 1.54) is 5.57 Å². The van der Waals surface area contributed by atoms with Crippen LogP contribution in [0.2, 0.25) is 0 Å². The second kappa shape index (κ2) is 8.77. The molecule has 16 heavy (non-hydrogen) atoms. The summed E-state index contributed by atoms with van der Waals surface area (Å²) in [5.74, 6) is 0.536. The van der Waals surface area contributed by atoms with Crippen molar-refractivity contribution in [1.29, 1.82) is 0 Å². The van der Waals surface area contributed by atoms with Crippen molar-refractivity contribution < 1.29 is 4.74 Å². The van der Waals surface area contributed by atoms with Crippen molar-refractivity contribution in [3.63, 3.8) is 0 Å². The van der Waals surface area contributed by atoms with E-state index in [4.69, 9.17) is 4.74 Å². The van der Waals surface area contributed by atoms with E-state index in [0.29, 0.717) is 12.0 Å². The summed E-state index contributed by atoms with van der Waals surface area (Å²) in [4.78, 5) is 0. The minimum Gasteiger partial charge on any atom is -0.377 e. The molecule has 0 fully saturated rings. The summed E-state index contributed by atoms with van der Waals surface area (Å²) >= 11 is 0. The molecule has 2 nitrogen and oxygen atoms in total. The second-order valence-electron chi connectivity index (χ2n) is 4.89. The van der Waals surface area contributed by atoms with E-state index in [2.05, 4.69) is 46.5 Å². The maximum atomic E-state index is 5.86. The highest BCUT2D eigenvalue weighted by Gasteiger charge is 2.24. The van der Waals surface area contributed by atoms with E-state index in [0.717, 1.165) is 26.0 Å². The van der Waals surface area contributed by atoms with Gasteiger partial charge in [0.05, 0.1) is 6.10 Å². The summed E-state index contributed by atoms with van der Waals surface area (Å²) in [5.41, 5.74) is 1.22. The zero-order valence-corrected chi connectivity index (χ0v) is 11.7. The number of hydrogen-bond donors (Lipinski definition) is 1. The quantitative estimate of drug-likeness (QED) is 0.610. The van der Waals surface area contributed by atoms with Crippen LogP contribution in [0.15, 0.2) is 12.2 Å². The Kier molecular flexibility index (Phi) is 8.58. The fraction of sp³-hybridized carbons (Fsp3) is 0.857. The highest BCUT2D eigenvalue weighted by Crippen LogP contribution is 2.17. The van der Waals surface area contributed by atoms with E-state index in [1.807, 2.05) is 0 Å². The van der Waals surface area contributed by atoms with Gasteiger partial charge in [0.15, 0.2) is 0 Å². The Hall–Kier alpha value is -0.340. The third kappa shape index (κ3) is 6.29. The molecule has 0 bridgehead atoms. The Bertz CT molecular complexity index is 189. The Morgan fingerprint density at radius 1 is 1.31 bits per heavy atom. The maximum absolute atomic E-state index is 5.86. The van der Waals surface area contributed by atoms with Crippen molar-refractivity contribution in [3.8, 4) is 0 Å². The van der Waals surface area contributed by atoms with Gasteiger partial charge in [0.1, 0.15) is 0 Å². The molecule has 0 saturated heterocycles. The summed E-state index contributed by atoms with van der Waals surface area (Å²) in [6.07, 6.45) is 2.44. The van der Waals surface area contributed by atoms with Gasteiger partial charge in [0.2, 0.25) is 0 Å². The standard InChI is InChI=1S/C14H29NO/c1-7-9-15-13(10-11(3)4)14(12(5)6)16-8-2/h12-15H,3,7-10H2,1-2,4-6H3. The molecule has 0 aromatic heterocycles. The third-order valence-corrected chi connectivity index (χ3v) is 2.64. The summed E-state index contributed by atoms with van der Waals surface area (Å²) < 4.78 is 5.86. The molecule has 0 aliphatic carbocycles. The van der Waals surface area contributed by atoms with Gasteiger partial charge in [-0.1, -0.05) is 26.3 Å². The van der Waals surface area contributed by atoms with E-state index >= 15 is 0 Å². The fourth-order valence-electron chi connectivity index (χ4n) is 1.98. The van der Waals surface area contributed by atoms with Gasteiger partial charge in [-0.05, 0) is 39.2 Å². The minimum absolute atomic E-state index is 0.285. The molecule has 0 aliphatic rings. The Morgan fingerprint density at radius 2 is 1.94 bits per heavy atom. The molecule has 0 aromatic carbocycles. The molecule has 0 spiro atoms. The highest BCUT2D eigenvalue weighted by atomic mass is 16.5. The first-order chi connectivity index (χ1) is 7.52. The molecular weight excluding hydrogens is 198 g/mol. The molecular formula is C14H29NO. The zero-order valence-electron chi connectivity index (χ0n) is 11.7. The first kappa shape index (κ1) is 15.7. The van der Waals surface area contributed by atoms with Crippen molar-refractivity contribution in [2.45, 2.75) is 59.6 Å². The first-order valence-electron chi connectivity index (χ1n) is 6.52. The Morgan fingerprint density at radius 3 is 2.31 bits per heavy atom. The predicted molar refractivity (Wildman–Crippen MR) is 71.8 cm³/mol. The van der Waals surface area contributed by atoms with E-state index < -0.39 is 0 Å². The summed E-state index contributed by atoms with van der Waals surface area (Å²) in [7, 11) is 0. The van der Waals surface area contributed by atoms with Crippen LogP contribution < -0.4 is 5.32 Å². The molecule has 0 saturated carbocycles. The van der Waals surface area contributed by atoms with Crippen molar-refractivity contribution >= 4 is 0 Å². The van der Waals surface area contributed by atoms with Crippen LogP contribution in [-0.2, 0) is 4.74 Å². The topological polar surface area (TPSA) is 21.3 Å². The lowest BCUT2D eigenvalue weighted by molar-refractivity contribution is 0.00366. The summed E-state index contributed by atoms with van der Waals surface area (Å²) in [6, 6.07) is 0.400. The van der Waals surface area contributed by atoms with Gasteiger partial charge in [-0.3, -0.25) is 0 Å². The lowest BCUT2D eigenvalue weighted by atomic mass is 9.94. The smallest absolute Gasteiger partial charge is 0.0753 e. The fourth-order valence-corrected chi connectivity index (χ4v) is 1.98. The summed E-state index contributed by atoms with van der Waals surface area (Å²) in [5, 5.41) is 3.58. The molecule has 0 rings (SSSR count). The summed E-state index contributed by atoms with van der Waals surface area (Å²) in [6.45, 7) is 16.6. The van der Waals surface area contributed by atoms with E-state index in [-0.39, 0.29) is 6.10 Å². The molecule has 96 valence electrons. The van der Waals surface area contributed by atoms with Crippen LogP contribution in [0.3, 0.4) is 0 Å². The van der Waals surface area contributed by atoms with Crippen molar-refractivity contribution in [3.05, 3.63) is 12.2 Å². The van der Waals surface area contributed by atoms with Crippen LogP contribution in [0, 0.1) is 5.92 Å². The molecule has 0 amide bonds. The van der Waals surface area contributed by atoms with Gasteiger partial charge in [-0.15, -0.1) is 6.58 Å². The Balaban J connectivity index is 4.45. The number of rotatable bonds is 9. The normalized spacial score (nSPS) is 15.1. The maximum Gasteiger partial charge on any atom is 0.0753 e. The molecule has 0 aromatic rings. The Labute approximate surface area is 101 Å². The zero-order chi connectivity index (χ0) is 12.6. The van der Waals surface area contributed by atoms with Gasteiger partial charge < -0.3 is 10.1 Å². The lowest BCUT2D eigenvalue weighted by Crippen LogP contribution is -2.44. The molecule has 2 heteroatoms. The van der Waals surface area contributed by atoms with Gasteiger partial charge in [0, 0.05) is 12.6 Å². The van der Waals surface area contributed by atoms with Crippen LogP contribution in [0.1, 0.15) is 47.5 Å². The number of nitrogens with one attached hydrogen (secondary N) is 1. The van der Waals surface area contributed by atoms with E-state index in [1.54, 1.807) is 0 Å². The minimum atomic E-state index is 0.285. The SMILES string of the molecule is C=C(C)CC(NCCC)C(OCC)C(C)C. The van der Waals surface area contributed by atoms with Gasteiger partial charge in [-0.25, -0.2) is 0 Å². The van der Waals surface area contributed by atoms with Gasteiger partial charge >= 0.3 is 0 Å². The first-order valence-corrected chi connectivity index (χ1v) is 6.52. The van der Waals surface area contributed by atoms with Crippen molar-refractivity contribution in [1.82, 2.24) is 5.32 Å².